The van der Waals surface area contributed by atoms with Gasteiger partial charge in [0.05, 0.1) is 5.56 Å². The molecular formula is C12H14ClN3. The average Bonchev–Trinajstić information content (AvgIpc) is 3.04. The van der Waals surface area contributed by atoms with E-state index in [2.05, 4.69) is 30.2 Å². The Kier molecular flexibility index (Phi) is 2.77. The smallest absolute Gasteiger partial charge is 0.146 e. The van der Waals surface area contributed by atoms with Gasteiger partial charge in [-0.05, 0) is 38.7 Å². The molecule has 1 aromatic heterocycles. The molecule has 84 valence electrons. The summed E-state index contributed by atoms with van der Waals surface area (Å²) in [6.45, 7) is 4.28. The first-order valence-corrected chi connectivity index (χ1v) is 5.75. The van der Waals surface area contributed by atoms with Crippen LogP contribution in [0.25, 0.3) is 0 Å². The number of hydrogen-bond donors (Lipinski definition) is 1. The van der Waals surface area contributed by atoms with Crippen LogP contribution in [0.15, 0.2) is 12.3 Å². The lowest BCUT2D eigenvalue weighted by molar-refractivity contribution is 0.492. The Morgan fingerprint density at radius 1 is 1.56 bits per heavy atom. The largest absolute Gasteiger partial charge is 0.364 e. The Hall–Kier alpha value is -1.27. The minimum absolute atomic E-state index is 0.00921. The predicted octanol–water partition coefficient (Wildman–Crippen LogP) is 3.21. The second-order valence-electron chi connectivity index (χ2n) is 4.75. The molecule has 0 saturated heterocycles. The lowest BCUT2D eigenvalue weighted by Crippen LogP contribution is -2.33. The molecule has 0 bridgehead atoms. The number of pyridine rings is 1. The first-order valence-electron chi connectivity index (χ1n) is 5.37. The van der Waals surface area contributed by atoms with Gasteiger partial charge in [-0.25, -0.2) is 4.98 Å². The Balaban J connectivity index is 2.25. The van der Waals surface area contributed by atoms with Gasteiger partial charge >= 0.3 is 0 Å². The van der Waals surface area contributed by atoms with Crippen molar-refractivity contribution in [1.29, 1.82) is 5.26 Å². The molecule has 1 aliphatic carbocycles. The van der Waals surface area contributed by atoms with Crippen LogP contribution in [-0.4, -0.2) is 10.5 Å². The van der Waals surface area contributed by atoms with Crippen LogP contribution in [0.3, 0.4) is 0 Å². The van der Waals surface area contributed by atoms with Crippen molar-refractivity contribution in [3.05, 3.63) is 22.8 Å². The summed E-state index contributed by atoms with van der Waals surface area (Å²) in [5.41, 5.74) is 0.454. The van der Waals surface area contributed by atoms with E-state index in [4.69, 9.17) is 16.9 Å². The van der Waals surface area contributed by atoms with Gasteiger partial charge in [0.1, 0.15) is 16.9 Å². The molecule has 3 nitrogen and oxygen atoms in total. The number of halogens is 1. The maximum Gasteiger partial charge on any atom is 0.146 e. The molecule has 0 aromatic carbocycles. The molecule has 0 amide bonds. The average molecular weight is 236 g/mol. The van der Waals surface area contributed by atoms with Gasteiger partial charge in [0.2, 0.25) is 0 Å². The first kappa shape index (κ1) is 11.2. The van der Waals surface area contributed by atoms with E-state index in [1.54, 1.807) is 12.3 Å². The maximum atomic E-state index is 8.87. The van der Waals surface area contributed by atoms with Gasteiger partial charge in [-0.2, -0.15) is 5.26 Å². The highest BCUT2D eigenvalue weighted by Crippen LogP contribution is 2.41. The van der Waals surface area contributed by atoms with Crippen LogP contribution in [0.2, 0.25) is 5.02 Å². The van der Waals surface area contributed by atoms with Crippen molar-refractivity contribution in [2.45, 2.75) is 32.2 Å². The molecule has 0 radical (unpaired) electrons. The zero-order valence-electron chi connectivity index (χ0n) is 9.42. The normalized spacial score (nSPS) is 15.6. The quantitative estimate of drug-likeness (QED) is 0.875. The van der Waals surface area contributed by atoms with Gasteiger partial charge in [0.25, 0.3) is 0 Å². The lowest BCUT2D eigenvalue weighted by Gasteiger charge is -2.27. The maximum absolute atomic E-state index is 8.87. The molecule has 0 spiro atoms. The number of hydrogen-bond acceptors (Lipinski definition) is 3. The van der Waals surface area contributed by atoms with E-state index in [1.165, 1.54) is 12.8 Å². The summed E-state index contributed by atoms with van der Waals surface area (Å²) in [5, 5.41) is 12.6. The fourth-order valence-corrected chi connectivity index (χ4v) is 2.03. The summed E-state index contributed by atoms with van der Waals surface area (Å²) in [6, 6.07) is 3.68. The van der Waals surface area contributed by atoms with Crippen molar-refractivity contribution < 1.29 is 0 Å². The van der Waals surface area contributed by atoms with Gasteiger partial charge in [0.15, 0.2) is 0 Å². The highest BCUT2D eigenvalue weighted by atomic mass is 35.5. The molecule has 1 heterocycles. The summed E-state index contributed by atoms with van der Waals surface area (Å²) in [4.78, 5) is 4.19. The minimum Gasteiger partial charge on any atom is -0.364 e. The van der Waals surface area contributed by atoms with E-state index in [0.717, 1.165) is 0 Å². The zero-order valence-corrected chi connectivity index (χ0v) is 10.2. The lowest BCUT2D eigenvalue weighted by atomic mass is 9.99. The monoisotopic (exact) mass is 235 g/mol. The van der Waals surface area contributed by atoms with Crippen molar-refractivity contribution >= 4 is 17.4 Å². The molecular weight excluding hydrogens is 222 g/mol. The van der Waals surface area contributed by atoms with Crippen molar-refractivity contribution in [3.8, 4) is 6.07 Å². The number of nitrogens with one attached hydrogen (secondary N) is 1. The van der Waals surface area contributed by atoms with Crippen LogP contribution < -0.4 is 5.32 Å². The van der Waals surface area contributed by atoms with Gasteiger partial charge in [-0.15, -0.1) is 0 Å². The highest BCUT2D eigenvalue weighted by Gasteiger charge is 2.38. The third-order valence-corrected chi connectivity index (χ3v) is 3.43. The van der Waals surface area contributed by atoms with Gasteiger partial charge in [0, 0.05) is 11.7 Å². The van der Waals surface area contributed by atoms with E-state index >= 15 is 0 Å². The number of nitriles is 1. The number of anilines is 1. The number of nitrogens with zero attached hydrogens (tertiary/aromatic N) is 2. The zero-order chi connectivity index (χ0) is 11.8. The molecule has 4 heteroatoms. The Morgan fingerprint density at radius 2 is 2.25 bits per heavy atom. The second-order valence-corrected chi connectivity index (χ2v) is 5.13. The molecule has 1 N–H and O–H groups in total. The van der Waals surface area contributed by atoms with E-state index in [1.807, 2.05) is 0 Å². The van der Waals surface area contributed by atoms with Crippen LogP contribution in [0.5, 0.6) is 0 Å². The van der Waals surface area contributed by atoms with E-state index in [9.17, 15) is 0 Å². The third kappa shape index (κ3) is 2.12. The van der Waals surface area contributed by atoms with E-state index in [0.29, 0.717) is 22.3 Å². The number of aromatic nitrogens is 1. The summed E-state index contributed by atoms with van der Waals surface area (Å²) >= 11 is 6.09. The molecule has 1 aliphatic rings. The van der Waals surface area contributed by atoms with Crippen molar-refractivity contribution in [1.82, 2.24) is 4.98 Å². The molecule has 1 saturated carbocycles. The Bertz CT molecular complexity index is 444. The Morgan fingerprint density at radius 3 is 2.81 bits per heavy atom. The molecule has 16 heavy (non-hydrogen) atoms. The van der Waals surface area contributed by atoms with Crippen molar-refractivity contribution in [2.24, 2.45) is 5.92 Å². The van der Waals surface area contributed by atoms with E-state index < -0.39 is 0 Å². The molecule has 0 atom stereocenters. The van der Waals surface area contributed by atoms with Crippen molar-refractivity contribution in [2.75, 3.05) is 5.32 Å². The second kappa shape index (κ2) is 3.95. The van der Waals surface area contributed by atoms with Crippen LogP contribution in [0, 0.1) is 17.2 Å². The minimum atomic E-state index is -0.00921. The summed E-state index contributed by atoms with van der Waals surface area (Å²) in [7, 11) is 0. The van der Waals surface area contributed by atoms with Crippen LogP contribution >= 0.6 is 11.6 Å². The Labute approximate surface area is 100 Å². The first-order chi connectivity index (χ1) is 7.54. The SMILES string of the molecule is CC(C)(Nc1nccc(C#N)c1Cl)C1CC1. The van der Waals surface area contributed by atoms with E-state index in [-0.39, 0.29) is 5.54 Å². The number of rotatable bonds is 3. The van der Waals surface area contributed by atoms with Crippen molar-refractivity contribution in [3.63, 3.8) is 0 Å². The molecule has 0 aliphatic heterocycles. The predicted molar refractivity (Wildman–Crippen MR) is 64.4 cm³/mol. The van der Waals surface area contributed by atoms with Gasteiger partial charge in [-0.3, -0.25) is 0 Å². The summed E-state index contributed by atoms with van der Waals surface area (Å²) in [5.74, 6) is 1.29. The fourth-order valence-electron chi connectivity index (χ4n) is 1.83. The highest BCUT2D eigenvalue weighted by molar-refractivity contribution is 6.34. The summed E-state index contributed by atoms with van der Waals surface area (Å²) in [6.07, 6.45) is 4.10. The van der Waals surface area contributed by atoms with Gasteiger partial charge in [-0.1, -0.05) is 11.6 Å². The molecule has 2 rings (SSSR count). The molecule has 1 aromatic rings. The molecule has 1 fully saturated rings. The van der Waals surface area contributed by atoms with Gasteiger partial charge < -0.3 is 5.32 Å². The third-order valence-electron chi connectivity index (χ3n) is 3.05. The summed E-state index contributed by atoms with van der Waals surface area (Å²) < 4.78 is 0. The van der Waals surface area contributed by atoms with Crippen LogP contribution in [0.4, 0.5) is 5.82 Å². The van der Waals surface area contributed by atoms with Crippen LogP contribution in [0.1, 0.15) is 32.3 Å². The molecule has 0 unspecified atom stereocenters. The topological polar surface area (TPSA) is 48.7 Å². The van der Waals surface area contributed by atoms with Crippen LogP contribution in [-0.2, 0) is 0 Å². The standard InChI is InChI=1S/C12H14ClN3/c1-12(2,9-3-4-9)16-11-10(13)8(7-14)5-6-15-11/h5-6,9H,3-4H2,1-2H3,(H,15,16). The fraction of sp³-hybridized carbons (Fsp3) is 0.500.